The quantitative estimate of drug-likeness (QED) is 0.661. The SMILES string of the molecule is C=C(Nc1cc2cc(-c3cccn3C)ccc2cn1)C1CC2(CCN(C)CC2)C1. The first-order chi connectivity index (χ1) is 14.0. The first kappa shape index (κ1) is 18.4. The number of likely N-dealkylation sites (tertiary alicyclic amines) is 1. The van der Waals surface area contributed by atoms with E-state index < -0.39 is 0 Å². The Morgan fingerprint density at radius 1 is 1.10 bits per heavy atom. The number of hydrogen-bond acceptors (Lipinski definition) is 3. The van der Waals surface area contributed by atoms with E-state index in [1.165, 1.54) is 55.4 Å². The monoisotopic (exact) mass is 386 g/mol. The maximum atomic E-state index is 4.63. The summed E-state index contributed by atoms with van der Waals surface area (Å²) in [6, 6.07) is 12.9. The van der Waals surface area contributed by atoms with Crippen LogP contribution in [0.1, 0.15) is 25.7 Å². The molecule has 150 valence electrons. The van der Waals surface area contributed by atoms with Crippen molar-refractivity contribution in [3.8, 4) is 11.3 Å². The van der Waals surface area contributed by atoms with E-state index in [0.717, 1.165) is 16.9 Å². The van der Waals surface area contributed by atoms with Crippen molar-refractivity contribution < 1.29 is 0 Å². The number of nitrogens with zero attached hydrogens (tertiary/aromatic N) is 3. The number of allylic oxidation sites excluding steroid dienone is 1. The molecule has 0 unspecified atom stereocenters. The fourth-order valence-electron chi connectivity index (χ4n) is 5.13. The molecule has 1 aliphatic heterocycles. The molecule has 1 spiro atoms. The molecule has 0 amide bonds. The summed E-state index contributed by atoms with van der Waals surface area (Å²) in [7, 11) is 4.32. The Kier molecular flexibility index (Phi) is 4.47. The summed E-state index contributed by atoms with van der Waals surface area (Å²) in [5, 5.41) is 5.87. The highest BCUT2D eigenvalue weighted by molar-refractivity contribution is 5.88. The fourth-order valence-corrected chi connectivity index (χ4v) is 5.13. The van der Waals surface area contributed by atoms with Crippen LogP contribution in [0.3, 0.4) is 0 Å². The van der Waals surface area contributed by atoms with Crippen LogP contribution < -0.4 is 5.32 Å². The van der Waals surface area contributed by atoms with E-state index in [1.807, 2.05) is 6.20 Å². The number of rotatable bonds is 4. The highest BCUT2D eigenvalue weighted by Crippen LogP contribution is 2.54. The van der Waals surface area contributed by atoms with Crippen LogP contribution in [0.25, 0.3) is 22.0 Å². The Labute approximate surface area is 173 Å². The summed E-state index contributed by atoms with van der Waals surface area (Å²) < 4.78 is 2.15. The third kappa shape index (κ3) is 3.46. The molecule has 3 heterocycles. The van der Waals surface area contributed by atoms with Crippen molar-refractivity contribution in [3.63, 3.8) is 0 Å². The number of piperidine rings is 1. The van der Waals surface area contributed by atoms with Gasteiger partial charge in [-0.15, -0.1) is 0 Å². The maximum absolute atomic E-state index is 4.63. The van der Waals surface area contributed by atoms with Gasteiger partial charge in [-0.2, -0.15) is 0 Å². The minimum atomic E-state index is 0.572. The lowest BCUT2D eigenvalue weighted by Gasteiger charge is -2.52. The zero-order valence-electron chi connectivity index (χ0n) is 17.5. The van der Waals surface area contributed by atoms with Crippen molar-refractivity contribution in [3.05, 3.63) is 61.1 Å². The van der Waals surface area contributed by atoms with Gasteiger partial charge in [0, 0.05) is 36.2 Å². The van der Waals surface area contributed by atoms with Crippen molar-refractivity contribution in [2.45, 2.75) is 25.7 Å². The van der Waals surface area contributed by atoms with Gasteiger partial charge in [-0.25, -0.2) is 4.98 Å². The van der Waals surface area contributed by atoms with Crippen molar-refractivity contribution in [2.24, 2.45) is 18.4 Å². The van der Waals surface area contributed by atoms with E-state index in [2.05, 4.69) is 83.0 Å². The van der Waals surface area contributed by atoms with Crippen molar-refractivity contribution in [2.75, 3.05) is 25.5 Å². The second kappa shape index (κ2) is 7.03. The highest BCUT2D eigenvalue weighted by atomic mass is 15.1. The van der Waals surface area contributed by atoms with Gasteiger partial charge in [0.05, 0.1) is 0 Å². The third-order valence-corrected chi connectivity index (χ3v) is 7.15. The Balaban J connectivity index is 1.29. The molecule has 2 aliphatic rings. The molecule has 1 N–H and O–H groups in total. The average molecular weight is 387 g/mol. The average Bonchev–Trinajstić information content (AvgIpc) is 3.12. The van der Waals surface area contributed by atoms with Crippen molar-refractivity contribution in [1.82, 2.24) is 14.5 Å². The zero-order valence-corrected chi connectivity index (χ0v) is 17.5. The number of nitrogens with one attached hydrogen (secondary N) is 1. The predicted octanol–water partition coefficient (Wildman–Crippen LogP) is 5.29. The largest absolute Gasteiger partial charge is 0.351 e. The number of pyridine rings is 1. The van der Waals surface area contributed by atoms with Crippen LogP contribution in [0.5, 0.6) is 0 Å². The molecule has 5 rings (SSSR count). The number of aromatic nitrogens is 2. The molecule has 0 bridgehead atoms. The summed E-state index contributed by atoms with van der Waals surface area (Å²) in [5.74, 6) is 1.47. The lowest BCUT2D eigenvalue weighted by atomic mass is 9.57. The zero-order chi connectivity index (χ0) is 20.0. The fraction of sp³-hybridized carbons (Fsp3) is 0.400. The van der Waals surface area contributed by atoms with Crippen LogP contribution in [0.4, 0.5) is 5.82 Å². The second-order valence-corrected chi connectivity index (χ2v) is 9.19. The van der Waals surface area contributed by atoms with Crippen LogP contribution in [-0.2, 0) is 7.05 Å². The lowest BCUT2D eigenvalue weighted by molar-refractivity contribution is 0.00833. The minimum Gasteiger partial charge on any atom is -0.351 e. The van der Waals surface area contributed by atoms with Crippen molar-refractivity contribution in [1.29, 1.82) is 0 Å². The Morgan fingerprint density at radius 2 is 1.90 bits per heavy atom. The normalized spacial score (nSPS) is 19.4. The topological polar surface area (TPSA) is 33.1 Å². The van der Waals surface area contributed by atoms with E-state index >= 15 is 0 Å². The number of fused-ring (bicyclic) bond motifs is 1. The molecular weight excluding hydrogens is 356 g/mol. The van der Waals surface area contributed by atoms with E-state index in [1.54, 1.807) is 0 Å². The van der Waals surface area contributed by atoms with Gasteiger partial charge in [0.15, 0.2) is 0 Å². The van der Waals surface area contributed by atoms with E-state index in [-0.39, 0.29) is 0 Å². The van der Waals surface area contributed by atoms with E-state index in [4.69, 9.17) is 0 Å². The maximum Gasteiger partial charge on any atom is 0.130 e. The van der Waals surface area contributed by atoms with Gasteiger partial charge in [-0.1, -0.05) is 18.7 Å². The molecule has 3 aromatic rings. The second-order valence-electron chi connectivity index (χ2n) is 9.19. The smallest absolute Gasteiger partial charge is 0.130 e. The molecule has 4 nitrogen and oxygen atoms in total. The van der Waals surface area contributed by atoms with Gasteiger partial charge in [0.25, 0.3) is 0 Å². The predicted molar refractivity (Wildman–Crippen MR) is 121 cm³/mol. The number of aryl methyl sites for hydroxylation is 1. The molecule has 2 fully saturated rings. The summed E-state index contributed by atoms with van der Waals surface area (Å²) in [4.78, 5) is 7.08. The first-order valence-corrected chi connectivity index (χ1v) is 10.7. The Morgan fingerprint density at radius 3 is 2.62 bits per heavy atom. The standard InChI is InChI=1S/C25H30N4/c1-18(22-15-25(16-22)8-11-28(2)12-9-25)27-24-14-21-13-19(6-7-20(21)17-26-24)23-5-4-10-29(23)3/h4-7,10,13-14,17,22H,1,8-9,11-12,15-16H2,2-3H3,(H,26,27). The Hall–Kier alpha value is -2.59. The molecule has 1 aromatic carbocycles. The number of anilines is 1. The molecule has 1 saturated carbocycles. The molecule has 1 aliphatic carbocycles. The summed E-state index contributed by atoms with van der Waals surface area (Å²) >= 11 is 0. The summed E-state index contributed by atoms with van der Waals surface area (Å²) in [6.07, 6.45) is 9.26. The van der Waals surface area contributed by atoms with Crippen molar-refractivity contribution >= 4 is 16.6 Å². The van der Waals surface area contributed by atoms with Crippen LogP contribution in [0, 0.1) is 11.3 Å². The van der Waals surface area contributed by atoms with Gasteiger partial charge >= 0.3 is 0 Å². The summed E-state index contributed by atoms with van der Waals surface area (Å²) in [6.45, 7) is 6.83. The van der Waals surface area contributed by atoms with Gasteiger partial charge in [-0.05, 0) is 92.4 Å². The van der Waals surface area contributed by atoms with Crippen LogP contribution in [0.2, 0.25) is 0 Å². The first-order valence-electron chi connectivity index (χ1n) is 10.7. The lowest BCUT2D eigenvalue weighted by Crippen LogP contribution is -2.46. The molecule has 2 aromatic heterocycles. The minimum absolute atomic E-state index is 0.572. The van der Waals surface area contributed by atoms with E-state index in [0.29, 0.717) is 11.3 Å². The van der Waals surface area contributed by atoms with Crippen LogP contribution in [-0.4, -0.2) is 34.6 Å². The molecular formula is C25H30N4. The van der Waals surface area contributed by atoms with E-state index in [9.17, 15) is 0 Å². The number of benzene rings is 1. The molecule has 1 saturated heterocycles. The third-order valence-electron chi connectivity index (χ3n) is 7.15. The highest BCUT2D eigenvalue weighted by Gasteiger charge is 2.46. The van der Waals surface area contributed by atoms with Gasteiger partial charge in [0.2, 0.25) is 0 Å². The molecule has 29 heavy (non-hydrogen) atoms. The number of hydrogen-bond donors (Lipinski definition) is 1. The van der Waals surface area contributed by atoms with Crippen LogP contribution in [0.15, 0.2) is 61.1 Å². The molecule has 0 atom stereocenters. The van der Waals surface area contributed by atoms with Crippen LogP contribution >= 0.6 is 0 Å². The van der Waals surface area contributed by atoms with Gasteiger partial charge in [0.1, 0.15) is 5.82 Å². The summed E-state index contributed by atoms with van der Waals surface area (Å²) in [5.41, 5.74) is 4.15. The molecule has 4 heteroatoms. The van der Waals surface area contributed by atoms with Gasteiger partial charge < -0.3 is 14.8 Å². The van der Waals surface area contributed by atoms with Gasteiger partial charge in [-0.3, -0.25) is 0 Å². The Bertz CT molecular complexity index is 1050. The molecule has 0 radical (unpaired) electrons.